The van der Waals surface area contributed by atoms with E-state index in [9.17, 15) is 14.7 Å². The molecule has 0 saturated heterocycles. The highest BCUT2D eigenvalue weighted by atomic mass is 16.5. The summed E-state index contributed by atoms with van der Waals surface area (Å²) in [6.07, 6.45) is 0.250. The Morgan fingerprint density at radius 1 is 1.12 bits per heavy atom. The predicted molar refractivity (Wildman–Crippen MR) is 88.7 cm³/mol. The number of ketones is 2. The molecule has 4 rings (SSSR count). The van der Waals surface area contributed by atoms with Gasteiger partial charge in [-0.3, -0.25) is 9.59 Å². The van der Waals surface area contributed by atoms with Gasteiger partial charge in [-0.2, -0.15) is 0 Å². The lowest BCUT2D eigenvalue weighted by atomic mass is 9.77. The number of methoxy groups -OCH3 is 1. The summed E-state index contributed by atoms with van der Waals surface area (Å²) in [7, 11) is 1.48. The minimum Gasteiger partial charge on any atom is -0.496 e. The summed E-state index contributed by atoms with van der Waals surface area (Å²) < 4.78 is 5.52. The van der Waals surface area contributed by atoms with Crippen molar-refractivity contribution in [3.05, 3.63) is 75.9 Å². The van der Waals surface area contributed by atoms with Crippen LogP contribution in [0.3, 0.4) is 0 Å². The van der Waals surface area contributed by atoms with Crippen molar-refractivity contribution in [1.82, 2.24) is 0 Å². The third-order valence-electron chi connectivity index (χ3n) is 4.78. The van der Waals surface area contributed by atoms with Gasteiger partial charge >= 0.3 is 0 Å². The summed E-state index contributed by atoms with van der Waals surface area (Å²) in [6, 6.07) is 8.45. The quantitative estimate of drug-likeness (QED) is 0.700. The van der Waals surface area contributed by atoms with Crippen LogP contribution in [0.2, 0.25) is 0 Å². The summed E-state index contributed by atoms with van der Waals surface area (Å²) in [5.41, 5.74) is 3.67. The van der Waals surface area contributed by atoms with E-state index in [0.29, 0.717) is 46.4 Å². The number of hydrogen-bond acceptors (Lipinski definition) is 4. The number of benzene rings is 2. The van der Waals surface area contributed by atoms with Crippen molar-refractivity contribution in [1.29, 1.82) is 0 Å². The second-order valence-electron chi connectivity index (χ2n) is 6.25. The molecule has 0 radical (unpaired) electrons. The Hall–Kier alpha value is -2.72. The molecular formula is C20H16O4. The zero-order chi connectivity index (χ0) is 17.0. The van der Waals surface area contributed by atoms with Gasteiger partial charge in [0, 0.05) is 22.3 Å². The van der Waals surface area contributed by atoms with Crippen LogP contribution >= 0.6 is 0 Å². The smallest absolute Gasteiger partial charge is 0.198 e. The van der Waals surface area contributed by atoms with Crippen LogP contribution in [0.15, 0.2) is 42.5 Å². The van der Waals surface area contributed by atoms with Gasteiger partial charge in [0.25, 0.3) is 0 Å². The van der Waals surface area contributed by atoms with Crippen molar-refractivity contribution in [2.75, 3.05) is 7.11 Å². The van der Waals surface area contributed by atoms with E-state index in [1.54, 1.807) is 30.3 Å². The van der Waals surface area contributed by atoms with Gasteiger partial charge < -0.3 is 9.84 Å². The Morgan fingerprint density at radius 3 is 2.46 bits per heavy atom. The van der Waals surface area contributed by atoms with Crippen LogP contribution in [0.25, 0.3) is 0 Å². The molecule has 24 heavy (non-hydrogen) atoms. The third-order valence-corrected chi connectivity index (χ3v) is 4.78. The molecule has 0 fully saturated rings. The lowest BCUT2D eigenvalue weighted by molar-refractivity contribution is 0.0975. The third kappa shape index (κ3) is 1.90. The topological polar surface area (TPSA) is 63.6 Å². The van der Waals surface area contributed by atoms with E-state index < -0.39 is 6.10 Å². The molecule has 1 atom stereocenters. The Bertz CT molecular complexity index is 923. The average Bonchev–Trinajstić information content (AvgIpc) is 2.58. The molecule has 0 unspecified atom stereocenters. The van der Waals surface area contributed by atoms with Gasteiger partial charge in [0.15, 0.2) is 11.6 Å². The van der Waals surface area contributed by atoms with Gasteiger partial charge in [-0.05, 0) is 24.5 Å². The maximum Gasteiger partial charge on any atom is 0.198 e. The van der Waals surface area contributed by atoms with Crippen molar-refractivity contribution < 1.29 is 19.4 Å². The summed E-state index contributed by atoms with van der Waals surface area (Å²) in [5, 5.41) is 10.4. The minimum absolute atomic E-state index is 0.210. The van der Waals surface area contributed by atoms with E-state index in [1.807, 2.05) is 0 Å². The Labute approximate surface area is 139 Å². The number of aliphatic hydroxyl groups excluding tert-OH is 1. The molecule has 0 aliphatic heterocycles. The maximum atomic E-state index is 13.0. The maximum absolute atomic E-state index is 13.0. The van der Waals surface area contributed by atoms with Gasteiger partial charge in [0.05, 0.1) is 18.8 Å². The first-order valence-corrected chi connectivity index (χ1v) is 7.79. The molecule has 0 heterocycles. The normalized spacial score (nSPS) is 18.8. The highest BCUT2D eigenvalue weighted by Crippen LogP contribution is 2.43. The number of hydrogen-bond donors (Lipinski definition) is 1. The lowest BCUT2D eigenvalue weighted by Crippen LogP contribution is -2.24. The lowest BCUT2D eigenvalue weighted by Gasteiger charge is -2.29. The molecule has 4 heteroatoms. The first-order valence-electron chi connectivity index (χ1n) is 7.79. The SMILES string of the molecule is C=C1Cc2c(cc3c(c2OC)C(=O)c2ccccc2C3=O)[C@H](O)C1. The average molecular weight is 320 g/mol. The number of aliphatic hydroxyl groups is 1. The van der Waals surface area contributed by atoms with Crippen LogP contribution in [-0.2, 0) is 6.42 Å². The number of carbonyl (C=O) groups excluding carboxylic acids is 2. The fraction of sp³-hybridized carbons (Fsp3) is 0.200. The monoisotopic (exact) mass is 320 g/mol. The first kappa shape index (κ1) is 14.8. The predicted octanol–water partition coefficient (Wildman–Crippen LogP) is 3.01. The molecule has 0 spiro atoms. The first-order chi connectivity index (χ1) is 11.5. The van der Waals surface area contributed by atoms with Gasteiger partial charge in [-0.15, -0.1) is 0 Å². The fourth-order valence-corrected chi connectivity index (χ4v) is 3.69. The highest BCUT2D eigenvalue weighted by Gasteiger charge is 2.36. The molecule has 4 nitrogen and oxygen atoms in total. The van der Waals surface area contributed by atoms with E-state index >= 15 is 0 Å². The Kier molecular flexibility index (Phi) is 3.18. The van der Waals surface area contributed by atoms with Crippen molar-refractivity contribution in [3.8, 4) is 5.75 Å². The van der Waals surface area contributed by atoms with Crippen molar-refractivity contribution in [2.24, 2.45) is 0 Å². The van der Waals surface area contributed by atoms with E-state index in [1.165, 1.54) is 7.11 Å². The van der Waals surface area contributed by atoms with E-state index in [0.717, 1.165) is 11.1 Å². The van der Waals surface area contributed by atoms with E-state index in [-0.39, 0.29) is 11.6 Å². The molecule has 2 aromatic carbocycles. The van der Waals surface area contributed by atoms with Gasteiger partial charge in [0.1, 0.15) is 5.75 Å². The molecule has 2 aromatic rings. The summed E-state index contributed by atoms with van der Waals surface area (Å²) >= 11 is 0. The molecular weight excluding hydrogens is 304 g/mol. The molecule has 120 valence electrons. The van der Waals surface area contributed by atoms with Crippen molar-refractivity contribution >= 4 is 11.6 Å². The van der Waals surface area contributed by atoms with Crippen molar-refractivity contribution in [2.45, 2.75) is 18.9 Å². The molecule has 0 amide bonds. The van der Waals surface area contributed by atoms with Crippen LogP contribution in [0.1, 0.15) is 55.5 Å². The van der Waals surface area contributed by atoms with Crippen LogP contribution in [0, 0.1) is 0 Å². The van der Waals surface area contributed by atoms with Crippen LogP contribution in [-0.4, -0.2) is 23.8 Å². The zero-order valence-corrected chi connectivity index (χ0v) is 13.3. The standard InChI is InChI=1S/C20H16O4/c1-10-7-14-13(16(21)8-10)9-15-17(20(14)24-2)19(23)12-6-4-3-5-11(12)18(15)22/h3-6,9,16,21H,1,7-8H2,2H3/t16-/m1/s1. The number of rotatable bonds is 1. The van der Waals surface area contributed by atoms with Crippen molar-refractivity contribution in [3.63, 3.8) is 0 Å². The number of fused-ring (bicyclic) bond motifs is 3. The molecule has 1 N–H and O–H groups in total. The fourth-order valence-electron chi connectivity index (χ4n) is 3.69. The molecule has 2 aliphatic rings. The second-order valence-corrected chi connectivity index (χ2v) is 6.25. The molecule has 0 bridgehead atoms. The minimum atomic E-state index is -0.736. The Morgan fingerprint density at radius 2 is 1.79 bits per heavy atom. The molecule has 0 aromatic heterocycles. The van der Waals surface area contributed by atoms with Crippen LogP contribution in [0.5, 0.6) is 5.75 Å². The zero-order valence-electron chi connectivity index (χ0n) is 13.3. The summed E-state index contributed by atoms with van der Waals surface area (Å²) in [6.45, 7) is 3.95. The Balaban J connectivity index is 2.05. The van der Waals surface area contributed by atoms with E-state index in [4.69, 9.17) is 4.74 Å². The summed E-state index contributed by atoms with van der Waals surface area (Å²) in [4.78, 5) is 25.8. The van der Waals surface area contributed by atoms with Crippen LogP contribution in [0.4, 0.5) is 0 Å². The number of carbonyl (C=O) groups is 2. The molecule has 0 saturated carbocycles. The number of ether oxygens (including phenoxy) is 1. The van der Waals surface area contributed by atoms with E-state index in [2.05, 4.69) is 6.58 Å². The highest BCUT2D eigenvalue weighted by molar-refractivity contribution is 6.29. The second kappa shape index (κ2) is 5.14. The van der Waals surface area contributed by atoms with Gasteiger partial charge in [-0.1, -0.05) is 36.4 Å². The largest absolute Gasteiger partial charge is 0.496 e. The van der Waals surface area contributed by atoms with Crippen LogP contribution < -0.4 is 4.74 Å². The van der Waals surface area contributed by atoms with Gasteiger partial charge in [0.2, 0.25) is 0 Å². The summed E-state index contributed by atoms with van der Waals surface area (Å²) in [5.74, 6) is -0.0429. The molecule has 2 aliphatic carbocycles. The van der Waals surface area contributed by atoms with Gasteiger partial charge in [-0.25, -0.2) is 0 Å².